The highest BCUT2D eigenvalue weighted by Gasteiger charge is 2.14. The average Bonchev–Trinajstić information content (AvgIpc) is 2.90. The fraction of sp³-hybridized carbons (Fsp3) is 0.308. The highest BCUT2D eigenvalue weighted by atomic mass is 32.1. The maximum absolute atomic E-state index is 10.8. The molecule has 0 atom stereocenters. The van der Waals surface area contributed by atoms with Crippen molar-refractivity contribution in [1.82, 2.24) is 4.98 Å². The third kappa shape index (κ3) is 3.44. The Labute approximate surface area is 124 Å². The van der Waals surface area contributed by atoms with Gasteiger partial charge in [0.15, 0.2) is 5.13 Å². The van der Waals surface area contributed by atoms with Crippen LogP contribution in [0.3, 0.4) is 0 Å². The molecule has 0 aliphatic rings. The Hall–Kier alpha value is -2.71. The molecule has 0 N–H and O–H groups in total. The van der Waals surface area contributed by atoms with Gasteiger partial charge in [-0.15, -0.1) is 0 Å². The zero-order valence-corrected chi connectivity index (χ0v) is 11.8. The van der Waals surface area contributed by atoms with E-state index in [4.69, 9.17) is 10.5 Å². The normalized spacial score (nSPS) is 10.0. The van der Waals surface area contributed by atoms with E-state index in [1.54, 1.807) is 6.07 Å². The molecule has 106 valence electrons. The summed E-state index contributed by atoms with van der Waals surface area (Å²) >= 11 is 1.33. The lowest BCUT2D eigenvalue weighted by atomic mass is 10.3. The summed E-state index contributed by atoms with van der Waals surface area (Å²) in [6.45, 7) is 0.972. The van der Waals surface area contributed by atoms with Crippen LogP contribution in [0.5, 0.6) is 0 Å². The molecule has 0 saturated heterocycles. The van der Waals surface area contributed by atoms with E-state index in [-0.39, 0.29) is 5.69 Å². The predicted molar refractivity (Wildman–Crippen MR) is 78.9 cm³/mol. The van der Waals surface area contributed by atoms with Gasteiger partial charge in [-0.25, -0.2) is 4.98 Å². The van der Waals surface area contributed by atoms with E-state index in [2.05, 4.69) is 17.1 Å². The summed E-state index contributed by atoms with van der Waals surface area (Å²) in [4.78, 5) is 16.6. The lowest BCUT2D eigenvalue weighted by Crippen LogP contribution is -2.25. The first kappa shape index (κ1) is 14.7. The molecular formula is C13H11N5O2S. The van der Waals surface area contributed by atoms with Crippen LogP contribution in [-0.4, -0.2) is 23.0 Å². The van der Waals surface area contributed by atoms with Gasteiger partial charge in [-0.2, -0.15) is 10.5 Å². The highest BCUT2D eigenvalue weighted by molar-refractivity contribution is 7.22. The molecule has 2 rings (SSSR count). The van der Waals surface area contributed by atoms with Gasteiger partial charge in [0, 0.05) is 25.2 Å². The number of hydrogen-bond donors (Lipinski definition) is 0. The van der Waals surface area contributed by atoms with Crippen molar-refractivity contribution < 1.29 is 4.92 Å². The average molecular weight is 301 g/mol. The number of aromatic nitrogens is 1. The SMILES string of the molecule is N#CCCN(CCC#N)c1nc2ccc([N+](=O)[O-])cc2s1. The van der Waals surface area contributed by atoms with Gasteiger partial charge in [0.2, 0.25) is 0 Å². The smallest absolute Gasteiger partial charge is 0.270 e. The Morgan fingerprint density at radius 1 is 1.29 bits per heavy atom. The zero-order valence-electron chi connectivity index (χ0n) is 11.0. The van der Waals surface area contributed by atoms with Gasteiger partial charge in [0.05, 0.1) is 40.1 Å². The summed E-state index contributed by atoms with van der Waals surface area (Å²) in [6.07, 6.45) is 0.670. The summed E-state index contributed by atoms with van der Waals surface area (Å²) in [6, 6.07) is 8.65. The maximum Gasteiger partial charge on any atom is 0.270 e. The van der Waals surface area contributed by atoms with Crippen LogP contribution >= 0.6 is 11.3 Å². The summed E-state index contributed by atoms with van der Waals surface area (Å²) in [5.41, 5.74) is 0.706. The molecule has 1 heterocycles. The standard InChI is InChI=1S/C13H11N5O2S/c14-5-1-7-17(8-2-6-15)13-16-11-4-3-10(18(19)20)9-12(11)21-13/h3-4,9H,1-2,7-8H2. The van der Waals surface area contributed by atoms with Crippen molar-refractivity contribution in [3.63, 3.8) is 0 Å². The molecule has 21 heavy (non-hydrogen) atoms. The molecule has 0 bridgehead atoms. The Kier molecular flexibility index (Phi) is 4.64. The first-order valence-electron chi connectivity index (χ1n) is 6.19. The van der Waals surface area contributed by atoms with Gasteiger partial charge in [0.1, 0.15) is 0 Å². The monoisotopic (exact) mass is 301 g/mol. The van der Waals surface area contributed by atoms with Gasteiger partial charge in [-0.3, -0.25) is 10.1 Å². The molecule has 0 aliphatic carbocycles. The van der Waals surface area contributed by atoms with Crippen LogP contribution in [0.15, 0.2) is 18.2 Å². The van der Waals surface area contributed by atoms with E-state index < -0.39 is 4.92 Å². The van der Waals surface area contributed by atoms with E-state index in [0.29, 0.717) is 36.6 Å². The van der Waals surface area contributed by atoms with Crippen LogP contribution in [0.1, 0.15) is 12.8 Å². The molecule has 0 unspecified atom stereocenters. The molecule has 1 aromatic carbocycles. The number of nitro groups is 1. The summed E-state index contributed by atoms with van der Waals surface area (Å²) in [5, 5.41) is 28.8. The maximum atomic E-state index is 10.8. The number of fused-ring (bicyclic) bond motifs is 1. The zero-order chi connectivity index (χ0) is 15.2. The van der Waals surface area contributed by atoms with Crippen molar-refractivity contribution in [2.24, 2.45) is 0 Å². The van der Waals surface area contributed by atoms with Crippen molar-refractivity contribution in [2.45, 2.75) is 12.8 Å². The van der Waals surface area contributed by atoms with Gasteiger partial charge < -0.3 is 4.90 Å². The van der Waals surface area contributed by atoms with Crippen LogP contribution in [0, 0.1) is 32.8 Å². The molecule has 0 fully saturated rings. The Morgan fingerprint density at radius 3 is 2.52 bits per heavy atom. The minimum absolute atomic E-state index is 0.0262. The van der Waals surface area contributed by atoms with Gasteiger partial charge >= 0.3 is 0 Å². The molecule has 2 aromatic rings. The molecule has 0 radical (unpaired) electrons. The number of nitro benzene ring substituents is 1. The third-order valence-corrected chi connectivity index (χ3v) is 3.91. The molecular weight excluding hydrogens is 290 g/mol. The molecule has 7 nitrogen and oxygen atoms in total. The summed E-state index contributed by atoms with van der Waals surface area (Å²) in [7, 11) is 0. The minimum atomic E-state index is -0.442. The van der Waals surface area contributed by atoms with E-state index in [1.165, 1.54) is 23.5 Å². The van der Waals surface area contributed by atoms with Crippen LogP contribution in [-0.2, 0) is 0 Å². The van der Waals surface area contributed by atoms with Gasteiger partial charge in [-0.05, 0) is 6.07 Å². The van der Waals surface area contributed by atoms with Crippen molar-refractivity contribution in [2.75, 3.05) is 18.0 Å². The van der Waals surface area contributed by atoms with Crippen molar-refractivity contribution >= 4 is 32.4 Å². The van der Waals surface area contributed by atoms with Crippen LogP contribution < -0.4 is 4.90 Å². The number of benzene rings is 1. The van der Waals surface area contributed by atoms with Crippen molar-refractivity contribution in [1.29, 1.82) is 10.5 Å². The fourth-order valence-corrected chi connectivity index (χ4v) is 2.87. The largest absolute Gasteiger partial charge is 0.346 e. The van der Waals surface area contributed by atoms with Gasteiger partial charge in [-0.1, -0.05) is 11.3 Å². The van der Waals surface area contributed by atoms with Crippen molar-refractivity contribution in [3.8, 4) is 12.1 Å². The van der Waals surface area contributed by atoms with Crippen molar-refractivity contribution in [3.05, 3.63) is 28.3 Å². The van der Waals surface area contributed by atoms with E-state index in [0.717, 1.165) is 4.70 Å². The molecule has 0 amide bonds. The number of nitriles is 2. The summed E-state index contributed by atoms with van der Waals surface area (Å²) in [5.74, 6) is 0. The Bertz CT molecular complexity index is 725. The summed E-state index contributed by atoms with van der Waals surface area (Å²) < 4.78 is 0.720. The van der Waals surface area contributed by atoms with Crippen LogP contribution in [0.25, 0.3) is 10.2 Å². The van der Waals surface area contributed by atoms with E-state index in [1.807, 2.05) is 4.90 Å². The minimum Gasteiger partial charge on any atom is -0.346 e. The number of rotatable bonds is 6. The number of nitrogens with zero attached hydrogens (tertiary/aromatic N) is 5. The number of anilines is 1. The topological polar surface area (TPSA) is 107 Å². The molecule has 8 heteroatoms. The van der Waals surface area contributed by atoms with Crippen LogP contribution in [0.4, 0.5) is 10.8 Å². The second-order valence-electron chi connectivity index (χ2n) is 4.21. The molecule has 0 saturated carbocycles. The van der Waals surface area contributed by atoms with E-state index >= 15 is 0 Å². The van der Waals surface area contributed by atoms with Crippen LogP contribution in [0.2, 0.25) is 0 Å². The Morgan fingerprint density at radius 2 is 1.95 bits per heavy atom. The second kappa shape index (κ2) is 6.64. The van der Waals surface area contributed by atoms with Gasteiger partial charge in [0.25, 0.3) is 5.69 Å². The number of thiazole rings is 1. The number of non-ortho nitro benzene ring substituents is 1. The Balaban J connectivity index is 2.32. The lowest BCUT2D eigenvalue weighted by molar-refractivity contribution is -0.384. The second-order valence-corrected chi connectivity index (χ2v) is 5.22. The first-order valence-corrected chi connectivity index (χ1v) is 7.01. The fourth-order valence-electron chi connectivity index (χ4n) is 1.82. The third-order valence-electron chi connectivity index (χ3n) is 2.83. The quantitative estimate of drug-likeness (QED) is 0.599. The predicted octanol–water partition coefficient (Wildman–Crippen LogP) is 2.84. The molecule has 0 aliphatic heterocycles. The number of hydrogen-bond acceptors (Lipinski definition) is 7. The highest BCUT2D eigenvalue weighted by Crippen LogP contribution is 2.31. The lowest BCUT2D eigenvalue weighted by Gasteiger charge is -2.18. The van der Waals surface area contributed by atoms with E-state index in [9.17, 15) is 10.1 Å². The molecule has 1 aromatic heterocycles. The molecule has 0 spiro atoms. The first-order chi connectivity index (χ1) is 10.2.